The topological polar surface area (TPSA) is 50.2 Å². The first-order valence-corrected chi connectivity index (χ1v) is 8.29. The highest BCUT2D eigenvalue weighted by Crippen LogP contribution is 2.22. The van der Waals surface area contributed by atoms with Crippen molar-refractivity contribution in [1.82, 2.24) is 20.0 Å². The number of aromatic nitrogens is 2. The molecule has 2 aromatic rings. The second-order valence-electron chi connectivity index (χ2n) is 6.73. The van der Waals surface area contributed by atoms with Gasteiger partial charge in [0.1, 0.15) is 0 Å². The zero-order valence-corrected chi connectivity index (χ0v) is 13.6. The van der Waals surface area contributed by atoms with Gasteiger partial charge in [-0.15, -0.1) is 0 Å². The Morgan fingerprint density at radius 3 is 2.35 bits per heavy atom. The number of likely N-dealkylation sites (tertiary alicyclic amines) is 1. The molecule has 1 aromatic carbocycles. The van der Waals surface area contributed by atoms with E-state index in [1.807, 2.05) is 47.7 Å². The van der Waals surface area contributed by atoms with Crippen molar-refractivity contribution in [1.29, 1.82) is 0 Å². The van der Waals surface area contributed by atoms with Crippen LogP contribution in [-0.4, -0.2) is 45.8 Å². The van der Waals surface area contributed by atoms with Crippen LogP contribution in [0, 0.1) is 13.8 Å². The zero-order chi connectivity index (χ0) is 16.0. The van der Waals surface area contributed by atoms with E-state index >= 15 is 0 Å². The van der Waals surface area contributed by atoms with Gasteiger partial charge in [-0.25, -0.2) is 4.68 Å². The van der Waals surface area contributed by atoms with Gasteiger partial charge in [-0.3, -0.25) is 4.79 Å². The van der Waals surface area contributed by atoms with E-state index in [0.29, 0.717) is 12.1 Å². The highest BCUT2D eigenvalue weighted by Gasteiger charge is 2.34. The van der Waals surface area contributed by atoms with E-state index in [1.165, 1.54) is 12.8 Å². The molecule has 2 saturated heterocycles. The number of amides is 1. The molecule has 1 aromatic heterocycles. The molecule has 0 spiro atoms. The minimum atomic E-state index is 0.142. The fourth-order valence-electron chi connectivity index (χ4n) is 3.78. The van der Waals surface area contributed by atoms with Gasteiger partial charge in [-0.1, -0.05) is 0 Å². The quantitative estimate of drug-likeness (QED) is 0.924. The third-order valence-corrected chi connectivity index (χ3v) is 4.87. The van der Waals surface area contributed by atoms with E-state index in [-0.39, 0.29) is 5.91 Å². The van der Waals surface area contributed by atoms with Crippen LogP contribution < -0.4 is 5.32 Å². The van der Waals surface area contributed by atoms with Crippen LogP contribution in [0.1, 0.15) is 34.6 Å². The molecule has 23 heavy (non-hydrogen) atoms. The summed E-state index contributed by atoms with van der Waals surface area (Å²) in [7, 11) is 0. The molecule has 0 aliphatic carbocycles. The highest BCUT2D eigenvalue weighted by molar-refractivity contribution is 5.94. The normalized spacial score (nSPS) is 23.3. The van der Waals surface area contributed by atoms with E-state index < -0.39 is 0 Å². The summed E-state index contributed by atoms with van der Waals surface area (Å²) in [4.78, 5) is 14.7. The first-order chi connectivity index (χ1) is 11.1. The van der Waals surface area contributed by atoms with Crippen LogP contribution in [-0.2, 0) is 0 Å². The van der Waals surface area contributed by atoms with Crippen molar-refractivity contribution in [3.63, 3.8) is 0 Å². The van der Waals surface area contributed by atoms with E-state index in [1.54, 1.807) is 0 Å². The van der Waals surface area contributed by atoms with Crippen LogP contribution in [0.5, 0.6) is 0 Å². The molecule has 2 atom stereocenters. The second-order valence-corrected chi connectivity index (χ2v) is 6.73. The third-order valence-electron chi connectivity index (χ3n) is 4.87. The molecule has 0 radical (unpaired) electrons. The lowest BCUT2D eigenvalue weighted by molar-refractivity contribution is 0.0697. The predicted octanol–water partition coefficient (Wildman–Crippen LogP) is 2.07. The van der Waals surface area contributed by atoms with Gasteiger partial charge in [0.2, 0.25) is 0 Å². The maximum absolute atomic E-state index is 12.7. The monoisotopic (exact) mass is 310 g/mol. The number of fused-ring (bicyclic) bond motifs is 2. The smallest absolute Gasteiger partial charge is 0.253 e. The fraction of sp³-hybridized carbons (Fsp3) is 0.444. The van der Waals surface area contributed by atoms with Gasteiger partial charge >= 0.3 is 0 Å². The van der Waals surface area contributed by atoms with Gasteiger partial charge in [0, 0.05) is 36.4 Å². The number of nitrogens with zero attached hydrogens (tertiary/aromatic N) is 3. The van der Waals surface area contributed by atoms with Crippen molar-refractivity contribution in [2.24, 2.45) is 0 Å². The van der Waals surface area contributed by atoms with Crippen molar-refractivity contribution >= 4 is 5.91 Å². The Bertz CT molecular complexity index is 722. The highest BCUT2D eigenvalue weighted by atomic mass is 16.2. The third kappa shape index (κ3) is 2.65. The van der Waals surface area contributed by atoms with Crippen LogP contribution in [0.3, 0.4) is 0 Å². The Kier molecular flexibility index (Phi) is 3.45. The lowest BCUT2D eigenvalue weighted by Crippen LogP contribution is -2.53. The molecule has 0 saturated carbocycles. The SMILES string of the molecule is Cc1cc(C)n(-c2ccc(C(=O)N3C[C@H]4CC[C@@H](C3)N4)cc2)n1. The molecule has 5 nitrogen and oxygen atoms in total. The largest absolute Gasteiger partial charge is 0.336 e. The molecule has 2 aliphatic heterocycles. The number of hydrogen-bond acceptors (Lipinski definition) is 3. The van der Waals surface area contributed by atoms with Gasteiger partial charge in [0.05, 0.1) is 11.4 Å². The van der Waals surface area contributed by atoms with Gasteiger partial charge in [0.25, 0.3) is 5.91 Å². The summed E-state index contributed by atoms with van der Waals surface area (Å²) < 4.78 is 1.91. The van der Waals surface area contributed by atoms with Gasteiger partial charge in [-0.2, -0.15) is 5.10 Å². The minimum absolute atomic E-state index is 0.142. The molecule has 0 unspecified atom stereocenters. The van der Waals surface area contributed by atoms with Crippen LogP contribution in [0.25, 0.3) is 5.69 Å². The molecule has 2 aliphatic rings. The molecule has 1 amide bonds. The number of rotatable bonds is 2. The van der Waals surface area contributed by atoms with Crippen molar-refractivity contribution in [2.75, 3.05) is 13.1 Å². The van der Waals surface area contributed by atoms with E-state index in [2.05, 4.69) is 16.5 Å². The van der Waals surface area contributed by atoms with Crippen molar-refractivity contribution < 1.29 is 4.79 Å². The number of aryl methyl sites for hydroxylation is 2. The Hall–Kier alpha value is -2.14. The lowest BCUT2D eigenvalue weighted by Gasteiger charge is -2.33. The van der Waals surface area contributed by atoms with Crippen molar-refractivity contribution in [2.45, 2.75) is 38.8 Å². The number of carbonyl (C=O) groups excluding carboxylic acids is 1. The van der Waals surface area contributed by atoms with E-state index in [9.17, 15) is 4.79 Å². The van der Waals surface area contributed by atoms with Crippen molar-refractivity contribution in [3.8, 4) is 5.69 Å². The number of hydrogen-bond donors (Lipinski definition) is 1. The number of nitrogens with one attached hydrogen (secondary N) is 1. The molecule has 2 fully saturated rings. The van der Waals surface area contributed by atoms with Crippen LogP contribution in [0.4, 0.5) is 0 Å². The van der Waals surface area contributed by atoms with E-state index in [0.717, 1.165) is 35.7 Å². The second kappa shape index (κ2) is 5.49. The fourth-order valence-corrected chi connectivity index (χ4v) is 3.78. The summed E-state index contributed by atoms with van der Waals surface area (Å²) in [5.74, 6) is 0.142. The molecule has 5 heteroatoms. The van der Waals surface area contributed by atoms with Crippen molar-refractivity contribution in [3.05, 3.63) is 47.3 Å². The Labute approximate surface area is 136 Å². The average Bonchev–Trinajstić information content (AvgIpc) is 3.07. The number of benzene rings is 1. The summed E-state index contributed by atoms with van der Waals surface area (Å²) in [5.41, 5.74) is 3.85. The predicted molar refractivity (Wildman–Crippen MR) is 88.9 cm³/mol. The number of carbonyl (C=O) groups is 1. The molecule has 4 rings (SSSR count). The Morgan fingerprint density at radius 2 is 1.78 bits per heavy atom. The summed E-state index contributed by atoms with van der Waals surface area (Å²) in [6.45, 7) is 5.68. The van der Waals surface area contributed by atoms with Crippen LogP contribution in [0.2, 0.25) is 0 Å². The summed E-state index contributed by atoms with van der Waals surface area (Å²) in [5, 5.41) is 8.05. The molecule has 3 heterocycles. The van der Waals surface area contributed by atoms with E-state index in [4.69, 9.17) is 0 Å². The molecule has 1 N–H and O–H groups in total. The van der Waals surface area contributed by atoms with Gasteiger partial charge in [0.15, 0.2) is 0 Å². The first-order valence-electron chi connectivity index (χ1n) is 8.29. The molecular formula is C18H22N4O. The standard InChI is InChI=1S/C18H22N4O/c1-12-9-13(2)22(20-12)17-7-3-14(4-8-17)18(23)21-10-15-5-6-16(11-21)19-15/h3-4,7-9,15-16,19H,5-6,10-11H2,1-2H3/t15-,16+. The molecule has 2 bridgehead atoms. The summed E-state index contributed by atoms with van der Waals surface area (Å²) in [6.07, 6.45) is 2.37. The van der Waals surface area contributed by atoms with Gasteiger partial charge < -0.3 is 10.2 Å². The molecular weight excluding hydrogens is 288 g/mol. The summed E-state index contributed by atoms with van der Waals surface area (Å²) in [6, 6.07) is 10.8. The first kappa shape index (κ1) is 14.5. The Balaban J connectivity index is 1.54. The zero-order valence-electron chi connectivity index (χ0n) is 13.6. The maximum atomic E-state index is 12.7. The average molecular weight is 310 g/mol. The minimum Gasteiger partial charge on any atom is -0.336 e. The summed E-state index contributed by atoms with van der Waals surface area (Å²) >= 11 is 0. The number of piperazine rings is 1. The van der Waals surface area contributed by atoms with Crippen LogP contribution >= 0.6 is 0 Å². The molecule has 120 valence electrons. The Morgan fingerprint density at radius 1 is 1.13 bits per heavy atom. The van der Waals surface area contributed by atoms with Crippen LogP contribution in [0.15, 0.2) is 30.3 Å². The maximum Gasteiger partial charge on any atom is 0.253 e. The van der Waals surface area contributed by atoms with Gasteiger partial charge in [-0.05, 0) is 57.0 Å². The lowest BCUT2D eigenvalue weighted by atomic mass is 10.1.